The first kappa shape index (κ1) is 17.7. The lowest BCUT2D eigenvalue weighted by Gasteiger charge is -2.25. The number of aromatic nitrogens is 1. The van der Waals surface area contributed by atoms with Crippen molar-refractivity contribution in [2.45, 2.75) is 26.1 Å². The number of alkyl halides is 3. The second-order valence-corrected chi connectivity index (χ2v) is 5.12. The van der Waals surface area contributed by atoms with Gasteiger partial charge in [-0.2, -0.15) is 13.2 Å². The van der Waals surface area contributed by atoms with E-state index in [0.29, 0.717) is 24.5 Å². The maximum atomic E-state index is 12.8. The molecule has 0 saturated heterocycles. The zero-order chi connectivity index (χ0) is 16.0. The molecule has 1 aromatic rings. The van der Waals surface area contributed by atoms with Crippen LogP contribution in [0.1, 0.15) is 24.6 Å². The summed E-state index contributed by atoms with van der Waals surface area (Å²) in [5.41, 5.74) is 5.38. The van der Waals surface area contributed by atoms with Gasteiger partial charge in [-0.25, -0.2) is 4.98 Å². The second kappa shape index (κ2) is 7.61. The van der Waals surface area contributed by atoms with E-state index in [4.69, 9.17) is 5.73 Å². The van der Waals surface area contributed by atoms with Gasteiger partial charge in [0.1, 0.15) is 11.5 Å². The van der Waals surface area contributed by atoms with Crippen LogP contribution in [0.2, 0.25) is 0 Å². The Morgan fingerprint density at radius 1 is 1.19 bits per heavy atom. The van der Waals surface area contributed by atoms with Gasteiger partial charge in [-0.05, 0) is 40.1 Å². The summed E-state index contributed by atoms with van der Waals surface area (Å²) in [4.78, 5) is 7.68. The minimum Gasteiger partial charge on any atom is -0.357 e. The van der Waals surface area contributed by atoms with Gasteiger partial charge in [0.25, 0.3) is 0 Å². The van der Waals surface area contributed by atoms with E-state index in [0.717, 1.165) is 19.0 Å². The summed E-state index contributed by atoms with van der Waals surface area (Å²) in [7, 11) is 3.92. The minimum atomic E-state index is -4.44. The Morgan fingerprint density at radius 2 is 1.86 bits per heavy atom. The van der Waals surface area contributed by atoms with E-state index in [-0.39, 0.29) is 6.54 Å². The molecular weight excluding hydrogens is 281 g/mol. The summed E-state index contributed by atoms with van der Waals surface area (Å²) in [6.45, 7) is 4.18. The first-order valence-corrected chi connectivity index (χ1v) is 6.96. The molecule has 0 amide bonds. The highest BCUT2D eigenvalue weighted by atomic mass is 19.4. The van der Waals surface area contributed by atoms with E-state index in [1.165, 1.54) is 6.07 Å². The predicted molar refractivity (Wildman–Crippen MR) is 78.2 cm³/mol. The Labute approximate surface area is 123 Å². The zero-order valence-corrected chi connectivity index (χ0v) is 12.7. The topological polar surface area (TPSA) is 45.4 Å². The SMILES string of the molecule is CCN(CCCN(C)C)c1nc(C(F)(F)F)ccc1CN. The predicted octanol–water partition coefficient (Wildman–Crippen LogP) is 2.34. The van der Waals surface area contributed by atoms with Gasteiger partial charge < -0.3 is 15.5 Å². The van der Waals surface area contributed by atoms with Crippen molar-refractivity contribution in [2.24, 2.45) is 5.73 Å². The summed E-state index contributed by atoms with van der Waals surface area (Å²) in [5, 5.41) is 0. The molecule has 4 nitrogen and oxygen atoms in total. The van der Waals surface area contributed by atoms with Crippen molar-refractivity contribution in [3.63, 3.8) is 0 Å². The number of halogens is 3. The summed E-state index contributed by atoms with van der Waals surface area (Å²) in [6.07, 6.45) is -3.59. The molecular formula is C14H23F3N4. The number of hydrogen-bond donors (Lipinski definition) is 1. The number of pyridine rings is 1. The van der Waals surface area contributed by atoms with Gasteiger partial charge in [-0.15, -0.1) is 0 Å². The van der Waals surface area contributed by atoms with Crippen LogP contribution in [0.5, 0.6) is 0 Å². The van der Waals surface area contributed by atoms with Crippen LogP contribution in [0.4, 0.5) is 19.0 Å². The van der Waals surface area contributed by atoms with E-state index in [9.17, 15) is 13.2 Å². The molecule has 7 heteroatoms. The van der Waals surface area contributed by atoms with Crippen molar-refractivity contribution in [3.05, 3.63) is 23.4 Å². The molecule has 0 spiro atoms. The Hall–Kier alpha value is -1.34. The molecule has 120 valence electrons. The molecule has 0 radical (unpaired) electrons. The van der Waals surface area contributed by atoms with Crippen molar-refractivity contribution >= 4 is 5.82 Å². The lowest BCUT2D eigenvalue weighted by atomic mass is 10.2. The lowest BCUT2D eigenvalue weighted by Crippen LogP contribution is -2.29. The van der Waals surface area contributed by atoms with Crippen LogP contribution >= 0.6 is 0 Å². The molecule has 1 rings (SSSR count). The summed E-state index contributed by atoms with van der Waals surface area (Å²) < 4.78 is 38.4. The number of anilines is 1. The fourth-order valence-electron chi connectivity index (χ4n) is 2.06. The molecule has 0 aromatic carbocycles. The highest BCUT2D eigenvalue weighted by molar-refractivity contribution is 5.48. The maximum Gasteiger partial charge on any atom is 0.433 e. The smallest absolute Gasteiger partial charge is 0.357 e. The second-order valence-electron chi connectivity index (χ2n) is 5.12. The van der Waals surface area contributed by atoms with Crippen LogP contribution < -0.4 is 10.6 Å². The van der Waals surface area contributed by atoms with Gasteiger partial charge in [-0.3, -0.25) is 0 Å². The standard InChI is InChI=1S/C14H23F3N4/c1-4-21(9-5-8-20(2)3)13-11(10-18)6-7-12(19-13)14(15,16)17/h6-7H,4-5,8-10,18H2,1-3H3. The molecule has 0 unspecified atom stereocenters. The number of rotatable bonds is 7. The lowest BCUT2D eigenvalue weighted by molar-refractivity contribution is -0.141. The Morgan fingerprint density at radius 3 is 2.33 bits per heavy atom. The molecule has 21 heavy (non-hydrogen) atoms. The molecule has 0 aliphatic heterocycles. The average molecular weight is 304 g/mol. The molecule has 0 aliphatic rings. The molecule has 0 fully saturated rings. The third kappa shape index (κ3) is 5.17. The Balaban J connectivity index is 2.99. The van der Waals surface area contributed by atoms with Gasteiger partial charge in [-0.1, -0.05) is 6.07 Å². The zero-order valence-electron chi connectivity index (χ0n) is 12.7. The Kier molecular flexibility index (Phi) is 6.42. The number of nitrogens with zero attached hydrogens (tertiary/aromatic N) is 3. The third-order valence-electron chi connectivity index (χ3n) is 3.18. The van der Waals surface area contributed by atoms with E-state index in [1.54, 1.807) is 0 Å². The molecule has 0 saturated carbocycles. The van der Waals surface area contributed by atoms with Crippen LogP contribution in [0.3, 0.4) is 0 Å². The van der Waals surface area contributed by atoms with Crippen LogP contribution in [0.15, 0.2) is 12.1 Å². The van der Waals surface area contributed by atoms with E-state index >= 15 is 0 Å². The van der Waals surface area contributed by atoms with E-state index < -0.39 is 11.9 Å². The van der Waals surface area contributed by atoms with Gasteiger partial charge >= 0.3 is 6.18 Å². The number of hydrogen-bond acceptors (Lipinski definition) is 4. The first-order valence-electron chi connectivity index (χ1n) is 6.96. The van der Waals surface area contributed by atoms with Gasteiger partial charge in [0, 0.05) is 25.2 Å². The summed E-state index contributed by atoms with van der Waals surface area (Å²) in [6, 6.07) is 2.40. The van der Waals surface area contributed by atoms with Crippen LogP contribution in [-0.2, 0) is 12.7 Å². The maximum absolute atomic E-state index is 12.8. The van der Waals surface area contributed by atoms with Gasteiger partial charge in [0.2, 0.25) is 0 Å². The molecule has 1 heterocycles. The van der Waals surface area contributed by atoms with Crippen LogP contribution in [-0.4, -0.2) is 43.6 Å². The molecule has 0 bridgehead atoms. The first-order chi connectivity index (χ1) is 9.79. The van der Waals surface area contributed by atoms with E-state index in [1.807, 2.05) is 30.8 Å². The van der Waals surface area contributed by atoms with Crippen molar-refractivity contribution < 1.29 is 13.2 Å². The normalized spacial score (nSPS) is 12.0. The van der Waals surface area contributed by atoms with Gasteiger partial charge in [0.05, 0.1) is 0 Å². The fourth-order valence-corrected chi connectivity index (χ4v) is 2.06. The molecule has 2 N–H and O–H groups in total. The quantitative estimate of drug-likeness (QED) is 0.840. The average Bonchev–Trinajstić information content (AvgIpc) is 2.41. The van der Waals surface area contributed by atoms with E-state index in [2.05, 4.69) is 4.98 Å². The molecule has 0 atom stereocenters. The Bertz CT molecular complexity index is 446. The van der Waals surface area contributed by atoms with Crippen molar-refractivity contribution in [1.82, 2.24) is 9.88 Å². The van der Waals surface area contributed by atoms with Crippen LogP contribution in [0, 0.1) is 0 Å². The van der Waals surface area contributed by atoms with Gasteiger partial charge in [0.15, 0.2) is 0 Å². The molecule has 1 aromatic heterocycles. The number of nitrogens with two attached hydrogens (primary N) is 1. The highest BCUT2D eigenvalue weighted by Crippen LogP contribution is 2.30. The van der Waals surface area contributed by atoms with Crippen LogP contribution in [0.25, 0.3) is 0 Å². The fraction of sp³-hybridized carbons (Fsp3) is 0.643. The van der Waals surface area contributed by atoms with Crippen molar-refractivity contribution in [3.8, 4) is 0 Å². The highest BCUT2D eigenvalue weighted by Gasteiger charge is 2.33. The third-order valence-corrected chi connectivity index (χ3v) is 3.18. The summed E-state index contributed by atoms with van der Waals surface area (Å²) in [5.74, 6) is 0.341. The monoisotopic (exact) mass is 304 g/mol. The largest absolute Gasteiger partial charge is 0.433 e. The molecule has 0 aliphatic carbocycles. The van der Waals surface area contributed by atoms with Crippen molar-refractivity contribution in [1.29, 1.82) is 0 Å². The minimum absolute atomic E-state index is 0.171. The summed E-state index contributed by atoms with van der Waals surface area (Å²) >= 11 is 0. The van der Waals surface area contributed by atoms with Crippen molar-refractivity contribution in [2.75, 3.05) is 38.6 Å².